The van der Waals surface area contributed by atoms with Gasteiger partial charge in [-0.05, 0) is 31.2 Å². The first-order valence-electron chi connectivity index (χ1n) is 5.82. The molecule has 0 aliphatic heterocycles. The van der Waals surface area contributed by atoms with Gasteiger partial charge in [-0.2, -0.15) is 0 Å². The molecule has 1 aromatic carbocycles. The molecule has 0 N–H and O–H groups in total. The van der Waals surface area contributed by atoms with Crippen molar-refractivity contribution in [3.8, 4) is 0 Å². The van der Waals surface area contributed by atoms with Crippen LogP contribution < -0.4 is 0 Å². The van der Waals surface area contributed by atoms with Gasteiger partial charge < -0.3 is 14.2 Å². The third kappa shape index (κ3) is 6.00. The molecule has 0 bridgehead atoms. The van der Waals surface area contributed by atoms with Crippen molar-refractivity contribution < 1.29 is 19.0 Å². The Morgan fingerprint density at radius 3 is 2.33 bits per heavy atom. The normalized spacial score (nSPS) is 10.3. The van der Waals surface area contributed by atoms with Gasteiger partial charge in [0.1, 0.15) is 6.61 Å². The van der Waals surface area contributed by atoms with Crippen LogP contribution in [0.2, 0.25) is 5.02 Å². The van der Waals surface area contributed by atoms with Gasteiger partial charge in [0.2, 0.25) is 0 Å². The number of rotatable bonds is 8. The molecule has 0 aliphatic rings. The molecule has 18 heavy (non-hydrogen) atoms. The maximum absolute atomic E-state index is 11.5. The zero-order valence-corrected chi connectivity index (χ0v) is 11.1. The van der Waals surface area contributed by atoms with Crippen molar-refractivity contribution in [3.63, 3.8) is 0 Å². The van der Waals surface area contributed by atoms with E-state index in [9.17, 15) is 4.79 Å². The molecule has 0 aromatic heterocycles. The minimum atomic E-state index is -0.375. The highest BCUT2D eigenvalue weighted by Crippen LogP contribution is 2.10. The Labute approximate surface area is 112 Å². The van der Waals surface area contributed by atoms with E-state index < -0.39 is 0 Å². The number of halogens is 1. The summed E-state index contributed by atoms with van der Waals surface area (Å²) < 4.78 is 15.3. The second kappa shape index (κ2) is 8.91. The molecule has 5 heteroatoms. The maximum atomic E-state index is 11.5. The van der Waals surface area contributed by atoms with Crippen molar-refractivity contribution >= 4 is 17.6 Å². The molecule has 0 fully saturated rings. The molecule has 4 nitrogen and oxygen atoms in total. The third-order valence-electron chi connectivity index (χ3n) is 2.12. The van der Waals surface area contributed by atoms with E-state index in [0.717, 1.165) is 0 Å². The van der Waals surface area contributed by atoms with E-state index >= 15 is 0 Å². The third-order valence-corrected chi connectivity index (χ3v) is 2.37. The van der Waals surface area contributed by atoms with Crippen LogP contribution >= 0.6 is 11.6 Å². The average molecular weight is 273 g/mol. The second-order valence-corrected chi connectivity index (χ2v) is 3.89. The Hall–Kier alpha value is -1.10. The van der Waals surface area contributed by atoms with Crippen molar-refractivity contribution in [3.05, 3.63) is 34.9 Å². The van der Waals surface area contributed by atoms with Crippen LogP contribution in [0, 0.1) is 0 Å². The molecule has 0 amide bonds. The van der Waals surface area contributed by atoms with Gasteiger partial charge in [0, 0.05) is 11.6 Å². The number of hydrogen-bond donors (Lipinski definition) is 0. The van der Waals surface area contributed by atoms with Crippen LogP contribution in [0.5, 0.6) is 0 Å². The van der Waals surface area contributed by atoms with Crippen molar-refractivity contribution in [2.24, 2.45) is 0 Å². The molecule has 1 aromatic rings. The van der Waals surface area contributed by atoms with Gasteiger partial charge in [0.25, 0.3) is 0 Å². The summed E-state index contributed by atoms with van der Waals surface area (Å²) in [4.78, 5) is 11.5. The van der Waals surface area contributed by atoms with Crippen LogP contribution in [0.15, 0.2) is 24.3 Å². The molecule has 0 spiro atoms. The molecule has 1 rings (SSSR count). The predicted octanol–water partition coefficient (Wildman–Crippen LogP) is 2.55. The molecule has 0 saturated heterocycles. The largest absolute Gasteiger partial charge is 0.460 e. The fraction of sp³-hybridized carbons (Fsp3) is 0.462. The Morgan fingerprint density at radius 1 is 1.06 bits per heavy atom. The Kier molecular flexibility index (Phi) is 7.41. The number of hydrogen-bond acceptors (Lipinski definition) is 4. The Balaban J connectivity index is 2.12. The van der Waals surface area contributed by atoms with Crippen LogP contribution in [0.4, 0.5) is 0 Å². The summed E-state index contributed by atoms with van der Waals surface area (Å²) in [5.74, 6) is -0.375. The summed E-state index contributed by atoms with van der Waals surface area (Å²) in [5.41, 5.74) is 0.480. The lowest BCUT2D eigenvalue weighted by molar-refractivity contribution is 0.0164. The first-order chi connectivity index (χ1) is 8.74. The highest BCUT2D eigenvalue weighted by Gasteiger charge is 2.05. The number of carbonyl (C=O) groups excluding carboxylic acids is 1. The first-order valence-corrected chi connectivity index (χ1v) is 6.20. The van der Waals surface area contributed by atoms with E-state index in [4.69, 9.17) is 25.8 Å². The zero-order valence-electron chi connectivity index (χ0n) is 10.4. The lowest BCUT2D eigenvalue weighted by Gasteiger charge is -2.06. The quantitative estimate of drug-likeness (QED) is 0.539. The molecule has 0 radical (unpaired) electrons. The van der Waals surface area contributed by atoms with Crippen LogP contribution in [0.3, 0.4) is 0 Å². The lowest BCUT2D eigenvalue weighted by Crippen LogP contribution is -2.12. The maximum Gasteiger partial charge on any atom is 0.338 e. The predicted molar refractivity (Wildman–Crippen MR) is 69.0 cm³/mol. The second-order valence-electron chi connectivity index (χ2n) is 3.45. The summed E-state index contributed by atoms with van der Waals surface area (Å²) in [6.45, 7) is 4.26. The molecule has 100 valence electrons. The molecular formula is C13H17ClO4. The van der Waals surface area contributed by atoms with E-state index in [0.29, 0.717) is 37.0 Å². The smallest absolute Gasteiger partial charge is 0.338 e. The van der Waals surface area contributed by atoms with E-state index in [-0.39, 0.29) is 12.6 Å². The van der Waals surface area contributed by atoms with E-state index in [1.807, 2.05) is 6.92 Å². The van der Waals surface area contributed by atoms with Gasteiger partial charge in [-0.3, -0.25) is 0 Å². The number of benzene rings is 1. The summed E-state index contributed by atoms with van der Waals surface area (Å²) in [7, 11) is 0. The fourth-order valence-electron chi connectivity index (χ4n) is 1.23. The van der Waals surface area contributed by atoms with Gasteiger partial charge in [0.05, 0.1) is 25.4 Å². The van der Waals surface area contributed by atoms with Crippen molar-refractivity contribution in [2.45, 2.75) is 6.92 Å². The number of ether oxygens (including phenoxy) is 3. The lowest BCUT2D eigenvalue weighted by atomic mass is 10.2. The molecule has 0 saturated carbocycles. The van der Waals surface area contributed by atoms with Gasteiger partial charge in [-0.25, -0.2) is 4.79 Å². The topological polar surface area (TPSA) is 44.8 Å². The number of esters is 1. The van der Waals surface area contributed by atoms with Gasteiger partial charge in [-0.15, -0.1) is 0 Å². The first kappa shape index (κ1) is 15.0. The average Bonchev–Trinajstić information content (AvgIpc) is 2.38. The van der Waals surface area contributed by atoms with E-state index in [1.165, 1.54) is 0 Å². The fourth-order valence-corrected chi connectivity index (χ4v) is 1.35. The molecule has 0 heterocycles. The Morgan fingerprint density at radius 2 is 1.67 bits per heavy atom. The van der Waals surface area contributed by atoms with E-state index in [1.54, 1.807) is 24.3 Å². The zero-order chi connectivity index (χ0) is 13.2. The van der Waals surface area contributed by atoms with Gasteiger partial charge in [0.15, 0.2) is 0 Å². The van der Waals surface area contributed by atoms with Crippen LogP contribution in [-0.4, -0.2) is 39.0 Å². The van der Waals surface area contributed by atoms with E-state index in [2.05, 4.69) is 0 Å². The van der Waals surface area contributed by atoms with Crippen molar-refractivity contribution in [1.29, 1.82) is 0 Å². The van der Waals surface area contributed by atoms with Gasteiger partial charge >= 0.3 is 5.97 Å². The number of carbonyl (C=O) groups is 1. The molecular weight excluding hydrogens is 256 g/mol. The SMILES string of the molecule is CCOCCOCCOC(=O)c1ccc(Cl)cc1. The standard InChI is InChI=1S/C13H17ClO4/c1-2-16-7-8-17-9-10-18-13(15)11-3-5-12(14)6-4-11/h3-6H,2,7-10H2,1H3. The summed E-state index contributed by atoms with van der Waals surface area (Å²) in [6, 6.07) is 6.55. The van der Waals surface area contributed by atoms with Crippen LogP contribution in [-0.2, 0) is 14.2 Å². The highest BCUT2D eigenvalue weighted by atomic mass is 35.5. The summed E-state index contributed by atoms with van der Waals surface area (Å²) >= 11 is 5.72. The molecule has 0 aliphatic carbocycles. The van der Waals surface area contributed by atoms with Crippen LogP contribution in [0.1, 0.15) is 17.3 Å². The monoisotopic (exact) mass is 272 g/mol. The minimum absolute atomic E-state index is 0.230. The summed E-state index contributed by atoms with van der Waals surface area (Å²) in [6.07, 6.45) is 0. The molecule has 0 unspecified atom stereocenters. The Bertz CT molecular complexity index is 351. The van der Waals surface area contributed by atoms with Crippen molar-refractivity contribution in [2.75, 3.05) is 33.0 Å². The van der Waals surface area contributed by atoms with Crippen molar-refractivity contribution in [1.82, 2.24) is 0 Å². The minimum Gasteiger partial charge on any atom is -0.460 e. The highest BCUT2D eigenvalue weighted by molar-refractivity contribution is 6.30. The summed E-state index contributed by atoms with van der Waals surface area (Å²) in [5, 5.41) is 0.589. The van der Waals surface area contributed by atoms with Gasteiger partial charge in [-0.1, -0.05) is 11.6 Å². The van der Waals surface area contributed by atoms with Crippen LogP contribution in [0.25, 0.3) is 0 Å². The molecule has 0 atom stereocenters.